The number of anilines is 1. The SMILES string of the molecule is CCn1nnc(NC(=S)NC(=O)c2ccc(-c3ccc(Cl)cc3Cl)o2)n1. The first-order valence-electron chi connectivity index (χ1n) is 7.41. The minimum absolute atomic E-state index is 0.0214. The van der Waals surface area contributed by atoms with Gasteiger partial charge in [0.25, 0.3) is 11.9 Å². The largest absolute Gasteiger partial charge is 0.451 e. The summed E-state index contributed by atoms with van der Waals surface area (Å²) in [6.45, 7) is 2.43. The van der Waals surface area contributed by atoms with Gasteiger partial charge < -0.3 is 4.42 Å². The summed E-state index contributed by atoms with van der Waals surface area (Å²) in [7, 11) is 0. The molecule has 0 fully saturated rings. The Morgan fingerprint density at radius 1 is 1.31 bits per heavy atom. The van der Waals surface area contributed by atoms with E-state index in [0.717, 1.165) is 0 Å². The number of benzene rings is 1. The Kier molecular flexibility index (Phi) is 5.50. The predicted octanol–water partition coefficient (Wildman–Crippen LogP) is 3.39. The lowest BCUT2D eigenvalue weighted by atomic mass is 10.2. The Labute approximate surface area is 163 Å². The van der Waals surface area contributed by atoms with Gasteiger partial charge in [0.1, 0.15) is 5.76 Å². The van der Waals surface area contributed by atoms with Crippen LogP contribution in [0.4, 0.5) is 5.95 Å². The van der Waals surface area contributed by atoms with E-state index in [-0.39, 0.29) is 16.8 Å². The van der Waals surface area contributed by atoms with Gasteiger partial charge in [-0.25, -0.2) is 0 Å². The molecule has 3 rings (SSSR count). The third kappa shape index (κ3) is 4.18. The van der Waals surface area contributed by atoms with Crippen molar-refractivity contribution in [3.63, 3.8) is 0 Å². The molecule has 1 aromatic carbocycles. The van der Waals surface area contributed by atoms with Crippen LogP contribution in [0.2, 0.25) is 10.0 Å². The van der Waals surface area contributed by atoms with Gasteiger partial charge in [0, 0.05) is 10.6 Å². The van der Waals surface area contributed by atoms with E-state index < -0.39 is 5.91 Å². The standard InChI is InChI=1S/C15H12Cl2N6O2S/c1-2-23-21-14(20-22-23)19-15(26)18-13(24)12-6-5-11(25-12)9-4-3-8(16)7-10(9)17/h3-7H,2H2,1H3,(H2,18,19,21,24,26). The molecule has 0 radical (unpaired) electrons. The highest BCUT2D eigenvalue weighted by Crippen LogP contribution is 2.31. The van der Waals surface area contributed by atoms with Gasteiger partial charge in [-0.05, 0) is 54.7 Å². The number of hydrogen-bond acceptors (Lipinski definition) is 6. The minimum atomic E-state index is -0.526. The molecule has 0 aliphatic rings. The summed E-state index contributed by atoms with van der Waals surface area (Å²) in [5.74, 6) is 0.163. The first-order chi connectivity index (χ1) is 12.5. The Balaban J connectivity index is 1.66. The van der Waals surface area contributed by atoms with Crippen molar-refractivity contribution in [1.82, 2.24) is 25.5 Å². The van der Waals surface area contributed by atoms with Crippen LogP contribution in [0.3, 0.4) is 0 Å². The van der Waals surface area contributed by atoms with E-state index in [1.165, 1.54) is 10.9 Å². The summed E-state index contributed by atoms with van der Waals surface area (Å²) < 4.78 is 5.55. The van der Waals surface area contributed by atoms with E-state index in [2.05, 4.69) is 26.0 Å². The second-order valence-electron chi connectivity index (χ2n) is 5.00. The molecule has 0 unspecified atom stereocenters. The Morgan fingerprint density at radius 2 is 2.12 bits per heavy atom. The molecule has 26 heavy (non-hydrogen) atoms. The summed E-state index contributed by atoms with van der Waals surface area (Å²) in [5.41, 5.74) is 0.621. The van der Waals surface area contributed by atoms with E-state index >= 15 is 0 Å². The van der Waals surface area contributed by atoms with Crippen molar-refractivity contribution in [2.45, 2.75) is 13.5 Å². The minimum Gasteiger partial charge on any atom is -0.451 e. The molecule has 134 valence electrons. The maximum Gasteiger partial charge on any atom is 0.293 e. The van der Waals surface area contributed by atoms with Gasteiger partial charge in [-0.1, -0.05) is 28.3 Å². The average molecular weight is 411 g/mol. The second-order valence-corrected chi connectivity index (χ2v) is 6.25. The average Bonchev–Trinajstić information content (AvgIpc) is 3.24. The molecule has 2 heterocycles. The summed E-state index contributed by atoms with van der Waals surface area (Å²) in [6.07, 6.45) is 0. The lowest BCUT2D eigenvalue weighted by Gasteiger charge is -2.05. The molecule has 2 aromatic heterocycles. The molecule has 8 nitrogen and oxygen atoms in total. The summed E-state index contributed by atoms with van der Waals surface area (Å²) in [4.78, 5) is 13.6. The molecule has 2 N–H and O–H groups in total. The monoisotopic (exact) mass is 410 g/mol. The molecule has 11 heteroatoms. The topological polar surface area (TPSA) is 97.9 Å². The first kappa shape index (κ1) is 18.3. The normalized spacial score (nSPS) is 10.6. The molecule has 0 saturated heterocycles. The number of halogens is 2. The van der Waals surface area contributed by atoms with Gasteiger partial charge >= 0.3 is 0 Å². The number of carbonyl (C=O) groups is 1. The third-order valence-corrected chi connectivity index (χ3v) is 3.97. The highest BCUT2D eigenvalue weighted by Gasteiger charge is 2.16. The Bertz CT molecular complexity index is 971. The quantitative estimate of drug-likeness (QED) is 0.635. The number of thiocarbonyl (C=S) groups is 1. The third-order valence-electron chi connectivity index (χ3n) is 3.21. The number of aromatic nitrogens is 4. The molecule has 0 saturated carbocycles. The number of nitrogens with one attached hydrogen (secondary N) is 2. The molecular formula is C15H12Cl2N6O2S. The summed E-state index contributed by atoms with van der Waals surface area (Å²) >= 11 is 17.1. The number of aryl methyl sites for hydroxylation is 1. The lowest BCUT2D eigenvalue weighted by molar-refractivity contribution is 0.0951. The number of carbonyl (C=O) groups excluding carboxylic acids is 1. The van der Waals surface area contributed by atoms with Crippen molar-refractivity contribution in [1.29, 1.82) is 0 Å². The van der Waals surface area contributed by atoms with Gasteiger partial charge in [-0.3, -0.25) is 15.4 Å². The van der Waals surface area contributed by atoms with Crippen molar-refractivity contribution in [3.8, 4) is 11.3 Å². The Hall–Kier alpha value is -2.49. The van der Waals surface area contributed by atoms with Gasteiger partial charge in [0.05, 0.1) is 11.6 Å². The van der Waals surface area contributed by atoms with Crippen LogP contribution in [0.1, 0.15) is 17.5 Å². The number of amides is 1. The molecule has 0 aliphatic carbocycles. The van der Waals surface area contributed by atoms with Crippen LogP contribution in [-0.4, -0.2) is 31.2 Å². The highest BCUT2D eigenvalue weighted by atomic mass is 35.5. The fourth-order valence-electron chi connectivity index (χ4n) is 2.02. The molecule has 0 bridgehead atoms. The zero-order valence-electron chi connectivity index (χ0n) is 13.4. The number of rotatable bonds is 4. The van der Waals surface area contributed by atoms with Gasteiger partial charge in [0.15, 0.2) is 10.9 Å². The predicted molar refractivity (Wildman–Crippen MR) is 101 cm³/mol. The number of nitrogens with zero attached hydrogens (tertiary/aromatic N) is 4. The molecule has 0 aliphatic heterocycles. The van der Waals surface area contributed by atoms with E-state index in [1.54, 1.807) is 24.3 Å². The number of tetrazole rings is 1. The molecule has 1 amide bonds. The number of hydrogen-bond donors (Lipinski definition) is 2. The zero-order chi connectivity index (χ0) is 18.7. The van der Waals surface area contributed by atoms with Crippen molar-refractivity contribution in [3.05, 3.63) is 46.1 Å². The van der Waals surface area contributed by atoms with Gasteiger partial charge in [0.2, 0.25) is 0 Å². The zero-order valence-corrected chi connectivity index (χ0v) is 15.7. The highest BCUT2D eigenvalue weighted by molar-refractivity contribution is 7.80. The van der Waals surface area contributed by atoms with Crippen LogP contribution in [0.5, 0.6) is 0 Å². The van der Waals surface area contributed by atoms with Crippen LogP contribution >= 0.6 is 35.4 Å². The van der Waals surface area contributed by atoms with Crippen molar-refractivity contribution >= 4 is 52.4 Å². The summed E-state index contributed by atoms with van der Waals surface area (Å²) in [5, 5.41) is 17.6. The summed E-state index contributed by atoms with van der Waals surface area (Å²) in [6, 6.07) is 8.13. The van der Waals surface area contributed by atoms with Gasteiger partial charge in [-0.15, -0.1) is 5.10 Å². The van der Waals surface area contributed by atoms with E-state index in [4.69, 9.17) is 39.8 Å². The number of furan rings is 1. The van der Waals surface area contributed by atoms with Crippen LogP contribution in [0, 0.1) is 0 Å². The maximum absolute atomic E-state index is 12.2. The fourth-order valence-corrected chi connectivity index (χ4v) is 2.70. The lowest BCUT2D eigenvalue weighted by Crippen LogP contribution is -2.34. The molecule has 3 aromatic rings. The van der Waals surface area contributed by atoms with E-state index in [0.29, 0.717) is 27.9 Å². The van der Waals surface area contributed by atoms with Crippen molar-refractivity contribution in [2.75, 3.05) is 5.32 Å². The fraction of sp³-hybridized carbons (Fsp3) is 0.133. The first-order valence-corrected chi connectivity index (χ1v) is 8.58. The molecule has 0 spiro atoms. The Morgan fingerprint density at radius 3 is 2.81 bits per heavy atom. The van der Waals surface area contributed by atoms with Crippen molar-refractivity contribution < 1.29 is 9.21 Å². The smallest absolute Gasteiger partial charge is 0.293 e. The molecule has 0 atom stereocenters. The van der Waals surface area contributed by atoms with Crippen LogP contribution in [0.15, 0.2) is 34.7 Å². The van der Waals surface area contributed by atoms with Crippen molar-refractivity contribution in [2.24, 2.45) is 0 Å². The molecular weight excluding hydrogens is 399 g/mol. The maximum atomic E-state index is 12.2. The van der Waals surface area contributed by atoms with Crippen LogP contribution in [0.25, 0.3) is 11.3 Å². The van der Waals surface area contributed by atoms with Gasteiger partial charge in [-0.2, -0.15) is 4.80 Å². The van der Waals surface area contributed by atoms with Crippen LogP contribution < -0.4 is 10.6 Å². The van der Waals surface area contributed by atoms with E-state index in [9.17, 15) is 4.79 Å². The second kappa shape index (κ2) is 7.81. The van der Waals surface area contributed by atoms with E-state index in [1.807, 2.05) is 6.92 Å². The van der Waals surface area contributed by atoms with Crippen LogP contribution in [-0.2, 0) is 6.54 Å².